The Morgan fingerprint density at radius 3 is 2.70 bits per heavy atom. The number of nitrogens with zero attached hydrogens (tertiary/aromatic N) is 5. The van der Waals surface area contributed by atoms with Crippen LogP contribution in [-0.2, 0) is 19.9 Å². The molecule has 0 radical (unpaired) electrons. The molecule has 0 aliphatic heterocycles. The molecule has 10 heteroatoms. The number of non-ortho nitro benzene ring substituents is 1. The lowest BCUT2D eigenvalue weighted by molar-refractivity contribution is -0.384. The second-order valence-corrected chi connectivity index (χ2v) is 6.16. The average Bonchev–Trinajstić information content (AvgIpc) is 2.99. The molecule has 27 heavy (non-hydrogen) atoms. The zero-order valence-electron chi connectivity index (χ0n) is 14.3. The van der Waals surface area contributed by atoms with Crippen LogP contribution in [0.25, 0.3) is 11.4 Å². The molecule has 0 saturated heterocycles. The van der Waals surface area contributed by atoms with Crippen molar-refractivity contribution in [1.82, 2.24) is 19.7 Å². The highest BCUT2D eigenvalue weighted by Crippen LogP contribution is 2.34. The third-order valence-electron chi connectivity index (χ3n) is 4.45. The Balaban J connectivity index is 1.70. The van der Waals surface area contributed by atoms with Crippen molar-refractivity contribution in [2.75, 3.05) is 5.32 Å². The van der Waals surface area contributed by atoms with E-state index in [1.54, 1.807) is 30.1 Å². The number of benzene rings is 1. The van der Waals surface area contributed by atoms with E-state index in [0.717, 1.165) is 16.8 Å². The van der Waals surface area contributed by atoms with Crippen LogP contribution in [0.3, 0.4) is 0 Å². The van der Waals surface area contributed by atoms with Crippen LogP contribution in [0.2, 0.25) is 0 Å². The van der Waals surface area contributed by atoms with Crippen LogP contribution >= 0.6 is 0 Å². The average molecular weight is 365 g/mol. The van der Waals surface area contributed by atoms with Gasteiger partial charge in [-0.15, -0.1) is 0 Å². The van der Waals surface area contributed by atoms with Crippen molar-refractivity contribution in [3.05, 3.63) is 57.4 Å². The lowest BCUT2D eigenvalue weighted by Crippen LogP contribution is -2.16. The molecule has 1 aliphatic rings. The van der Waals surface area contributed by atoms with Crippen LogP contribution in [0.1, 0.15) is 21.6 Å². The Bertz CT molecular complexity index is 1070. The number of carbonyl (C=O) groups excluding carboxylic acids is 1. The summed E-state index contributed by atoms with van der Waals surface area (Å²) in [4.78, 5) is 30.8. The summed E-state index contributed by atoms with van der Waals surface area (Å²) < 4.78 is 1.61. The summed E-state index contributed by atoms with van der Waals surface area (Å²) in [6.07, 6.45) is 3.06. The zero-order valence-corrected chi connectivity index (χ0v) is 14.3. The lowest BCUT2D eigenvalue weighted by Gasteiger charge is -2.17. The summed E-state index contributed by atoms with van der Waals surface area (Å²) >= 11 is 0. The Morgan fingerprint density at radius 2 is 2.04 bits per heavy atom. The number of carbonyl (C=O) groups is 1. The molecule has 3 N–H and O–H groups in total. The molecule has 2 aromatic heterocycles. The largest absolute Gasteiger partial charge is 0.364 e. The maximum atomic E-state index is 11.6. The van der Waals surface area contributed by atoms with Gasteiger partial charge in [-0.1, -0.05) is 0 Å². The smallest absolute Gasteiger partial charge is 0.269 e. The van der Waals surface area contributed by atoms with Crippen molar-refractivity contribution in [2.24, 2.45) is 12.8 Å². The van der Waals surface area contributed by atoms with Gasteiger partial charge in [0, 0.05) is 36.6 Å². The van der Waals surface area contributed by atoms with Gasteiger partial charge in [-0.25, -0.2) is 9.97 Å². The number of anilines is 2. The summed E-state index contributed by atoms with van der Waals surface area (Å²) in [7, 11) is 1.74. The molecule has 0 unspecified atom stereocenters. The maximum Gasteiger partial charge on any atom is 0.269 e. The van der Waals surface area contributed by atoms with Crippen molar-refractivity contribution in [1.29, 1.82) is 0 Å². The maximum absolute atomic E-state index is 11.6. The number of fused-ring (bicyclic) bond motifs is 3. The molecule has 1 aromatic carbocycles. The fraction of sp³-hybridized carbons (Fsp3) is 0.176. The molecule has 1 amide bonds. The number of aromatic nitrogens is 4. The topological polar surface area (TPSA) is 142 Å². The molecule has 0 saturated carbocycles. The van der Waals surface area contributed by atoms with Crippen LogP contribution in [0, 0.1) is 10.1 Å². The van der Waals surface area contributed by atoms with Gasteiger partial charge < -0.3 is 11.1 Å². The van der Waals surface area contributed by atoms with E-state index in [2.05, 4.69) is 20.4 Å². The molecule has 2 heterocycles. The van der Waals surface area contributed by atoms with E-state index in [-0.39, 0.29) is 11.4 Å². The first-order valence-corrected chi connectivity index (χ1v) is 8.17. The Hall–Kier alpha value is -3.82. The van der Waals surface area contributed by atoms with Gasteiger partial charge in [-0.2, -0.15) is 5.10 Å². The summed E-state index contributed by atoms with van der Waals surface area (Å²) in [5.41, 5.74) is 9.51. The molecule has 10 nitrogen and oxygen atoms in total. The van der Waals surface area contributed by atoms with Crippen LogP contribution in [0.4, 0.5) is 17.3 Å². The first kappa shape index (κ1) is 16.6. The van der Waals surface area contributed by atoms with Gasteiger partial charge in [0.25, 0.3) is 11.6 Å². The number of nitrogens with one attached hydrogen (secondary N) is 1. The number of primary amides is 1. The standard InChI is InChI=1S/C17H15N7O3/c1-23-15-12(14(22-23)16(18)25)7-2-9-8-19-17(21-13(9)15)20-10-3-5-11(6-4-10)24(26)27/h3-6,8H,2,7H2,1H3,(H2,18,25)(H,19,20,21). The molecule has 0 bridgehead atoms. The summed E-state index contributed by atoms with van der Waals surface area (Å²) in [6.45, 7) is 0. The van der Waals surface area contributed by atoms with Gasteiger partial charge in [0.15, 0.2) is 5.69 Å². The number of nitrogens with two attached hydrogens (primary N) is 1. The lowest BCUT2D eigenvalue weighted by atomic mass is 9.93. The molecule has 4 rings (SSSR count). The molecule has 3 aromatic rings. The number of hydrogen-bond donors (Lipinski definition) is 2. The normalized spacial score (nSPS) is 12.2. The monoisotopic (exact) mass is 365 g/mol. The van der Waals surface area contributed by atoms with E-state index >= 15 is 0 Å². The minimum Gasteiger partial charge on any atom is -0.364 e. The summed E-state index contributed by atoms with van der Waals surface area (Å²) in [6, 6.07) is 5.97. The fourth-order valence-corrected chi connectivity index (χ4v) is 3.21. The van der Waals surface area contributed by atoms with Gasteiger partial charge in [0.05, 0.1) is 16.3 Å². The van der Waals surface area contributed by atoms with Gasteiger partial charge in [0.1, 0.15) is 0 Å². The Morgan fingerprint density at radius 1 is 1.30 bits per heavy atom. The second-order valence-electron chi connectivity index (χ2n) is 6.16. The number of amides is 1. The minimum absolute atomic E-state index is 0.00502. The van der Waals surface area contributed by atoms with Crippen LogP contribution in [-0.4, -0.2) is 30.6 Å². The van der Waals surface area contributed by atoms with Gasteiger partial charge >= 0.3 is 0 Å². The SMILES string of the molecule is Cn1nc(C(N)=O)c2c1-c1nc(Nc3ccc([N+](=O)[O-])cc3)ncc1CC2. The van der Waals surface area contributed by atoms with Crippen LogP contribution in [0.5, 0.6) is 0 Å². The fourth-order valence-electron chi connectivity index (χ4n) is 3.21. The number of rotatable bonds is 4. The number of nitro groups is 1. The van der Waals surface area contributed by atoms with E-state index in [1.165, 1.54) is 12.1 Å². The first-order valence-electron chi connectivity index (χ1n) is 8.17. The second kappa shape index (κ2) is 6.16. The van der Waals surface area contributed by atoms with E-state index in [0.29, 0.717) is 30.2 Å². The van der Waals surface area contributed by atoms with Crippen molar-refractivity contribution in [3.8, 4) is 11.4 Å². The molecule has 1 aliphatic carbocycles. The van der Waals surface area contributed by atoms with Crippen LogP contribution in [0.15, 0.2) is 30.5 Å². The van der Waals surface area contributed by atoms with Crippen molar-refractivity contribution < 1.29 is 9.72 Å². The van der Waals surface area contributed by atoms with Crippen molar-refractivity contribution in [2.45, 2.75) is 12.8 Å². The van der Waals surface area contributed by atoms with Gasteiger partial charge in [-0.05, 0) is 30.5 Å². The quantitative estimate of drug-likeness (QED) is 0.529. The van der Waals surface area contributed by atoms with Gasteiger partial charge in [0.2, 0.25) is 5.95 Å². The van der Waals surface area contributed by atoms with E-state index in [4.69, 9.17) is 5.73 Å². The highest BCUT2D eigenvalue weighted by Gasteiger charge is 2.27. The molecule has 0 fully saturated rings. The zero-order chi connectivity index (χ0) is 19.1. The van der Waals surface area contributed by atoms with Crippen LogP contribution < -0.4 is 11.1 Å². The Labute approximate surface area is 153 Å². The predicted octanol–water partition coefficient (Wildman–Crippen LogP) is 1.73. The number of hydrogen-bond acceptors (Lipinski definition) is 7. The highest BCUT2D eigenvalue weighted by molar-refractivity contribution is 5.94. The summed E-state index contributed by atoms with van der Waals surface area (Å²) in [5, 5.41) is 18.0. The van der Waals surface area contributed by atoms with E-state index in [9.17, 15) is 14.9 Å². The molecule has 136 valence electrons. The minimum atomic E-state index is -0.561. The van der Waals surface area contributed by atoms with E-state index in [1.807, 2.05) is 0 Å². The number of aryl methyl sites for hydroxylation is 2. The van der Waals surface area contributed by atoms with Crippen molar-refractivity contribution in [3.63, 3.8) is 0 Å². The number of nitro benzene ring substituents is 1. The molecular weight excluding hydrogens is 350 g/mol. The third-order valence-corrected chi connectivity index (χ3v) is 4.45. The predicted molar refractivity (Wildman–Crippen MR) is 96.5 cm³/mol. The molecule has 0 atom stereocenters. The Kier molecular flexibility index (Phi) is 3.80. The summed E-state index contributed by atoms with van der Waals surface area (Å²) in [5.74, 6) is -0.217. The molecule has 0 spiro atoms. The van der Waals surface area contributed by atoms with E-state index < -0.39 is 10.8 Å². The van der Waals surface area contributed by atoms with Gasteiger partial charge in [-0.3, -0.25) is 19.6 Å². The highest BCUT2D eigenvalue weighted by atomic mass is 16.6. The first-order chi connectivity index (χ1) is 12.9. The third kappa shape index (κ3) is 2.86. The van der Waals surface area contributed by atoms with Crippen molar-refractivity contribution >= 4 is 23.2 Å². The molecular formula is C17H15N7O3.